The summed E-state index contributed by atoms with van der Waals surface area (Å²) in [6.45, 7) is 7.08. The first-order valence-electron chi connectivity index (χ1n) is 12.5. The largest absolute Gasteiger partial charge is 0.496 e. The molecular formula is C32H32NO3P. The van der Waals surface area contributed by atoms with Crippen LogP contribution in [-0.4, -0.2) is 18.3 Å². The first-order chi connectivity index (χ1) is 17.8. The fourth-order valence-corrected chi connectivity index (χ4v) is 5.72. The molecule has 4 aromatic rings. The van der Waals surface area contributed by atoms with Crippen LogP contribution in [0.1, 0.15) is 37.5 Å². The molecule has 1 aromatic heterocycles. The number of aromatic nitrogens is 1. The van der Waals surface area contributed by atoms with E-state index in [1.54, 1.807) is 7.11 Å². The second-order valence-corrected chi connectivity index (χ2v) is 11.5. The maximum atomic E-state index is 13.0. The number of hydrogen-bond acceptors (Lipinski definition) is 3. The number of nitrogens with one attached hydrogen (secondary N) is 1. The van der Waals surface area contributed by atoms with Gasteiger partial charge < -0.3 is 14.5 Å². The highest BCUT2D eigenvalue weighted by Crippen LogP contribution is 2.44. The summed E-state index contributed by atoms with van der Waals surface area (Å²) >= 11 is 0. The van der Waals surface area contributed by atoms with Crippen molar-refractivity contribution in [3.8, 4) is 17.0 Å². The minimum Gasteiger partial charge on any atom is -0.496 e. The Morgan fingerprint density at radius 1 is 0.973 bits per heavy atom. The molecule has 0 fully saturated rings. The van der Waals surface area contributed by atoms with Crippen molar-refractivity contribution in [3.63, 3.8) is 0 Å². The fraction of sp³-hybridized carbons (Fsp3) is 0.219. The number of benzene rings is 3. The lowest BCUT2D eigenvalue weighted by molar-refractivity contribution is 0.226. The van der Waals surface area contributed by atoms with Gasteiger partial charge in [0.2, 0.25) is 0 Å². The van der Waals surface area contributed by atoms with Crippen LogP contribution in [0.3, 0.4) is 0 Å². The quantitative estimate of drug-likeness (QED) is 0.272. The van der Waals surface area contributed by atoms with Crippen molar-refractivity contribution >= 4 is 24.9 Å². The molecule has 1 aliphatic heterocycles. The summed E-state index contributed by atoms with van der Waals surface area (Å²) in [4.78, 5) is 16.1. The van der Waals surface area contributed by atoms with Gasteiger partial charge in [0, 0.05) is 22.1 Å². The summed E-state index contributed by atoms with van der Waals surface area (Å²) in [6.07, 6.45) is 5.35. The average molecular weight is 510 g/mol. The molecular weight excluding hydrogens is 477 g/mol. The number of H-pyrrole nitrogens is 1. The number of pyridine rings is 1. The molecule has 0 amide bonds. The molecule has 0 saturated heterocycles. The van der Waals surface area contributed by atoms with E-state index in [1.165, 1.54) is 0 Å². The highest BCUT2D eigenvalue weighted by atomic mass is 31.1. The molecule has 4 nitrogen and oxygen atoms in total. The zero-order valence-corrected chi connectivity index (χ0v) is 22.7. The van der Waals surface area contributed by atoms with E-state index in [9.17, 15) is 4.79 Å². The van der Waals surface area contributed by atoms with Crippen LogP contribution in [0.15, 0.2) is 95.2 Å². The fourth-order valence-electron chi connectivity index (χ4n) is 4.70. The number of hydrogen-bond donors (Lipinski definition) is 1. The smallest absolute Gasteiger partial charge is 0.256 e. The lowest BCUT2D eigenvalue weighted by atomic mass is 9.82. The summed E-state index contributed by atoms with van der Waals surface area (Å²) in [5, 5.41) is 1.57. The SMILES string of the molecule is COc1c(-c2cc3ccccc3c(=O)[nH]2)cc(C2=C(OCc3ccccc3)PCC=C2)cc1C(C)(C)C. The van der Waals surface area contributed by atoms with Gasteiger partial charge in [0.1, 0.15) is 17.9 Å². The predicted octanol–water partition coefficient (Wildman–Crippen LogP) is 7.63. The Labute approximate surface area is 219 Å². The normalized spacial score (nSPS) is 14.4. The molecule has 0 spiro atoms. The van der Waals surface area contributed by atoms with Gasteiger partial charge in [-0.3, -0.25) is 4.79 Å². The standard InChI is InChI=1S/C32H32NO3P/c1-32(2,3)27-18-23(25-15-10-16-37-31(25)36-20-21-11-6-5-7-12-21)17-26(29(27)35-4)28-19-22-13-8-9-14-24(22)30(34)33-28/h5-15,17-19,37H,16,20H2,1-4H3,(H,33,34). The Hall–Kier alpha value is -3.62. The molecule has 188 valence electrons. The number of ether oxygens (including phenoxy) is 2. The van der Waals surface area contributed by atoms with Gasteiger partial charge >= 0.3 is 0 Å². The Morgan fingerprint density at radius 2 is 1.73 bits per heavy atom. The van der Waals surface area contributed by atoms with Gasteiger partial charge in [0.15, 0.2) is 0 Å². The van der Waals surface area contributed by atoms with Gasteiger partial charge in [-0.05, 0) is 60.9 Å². The van der Waals surface area contributed by atoms with Crippen LogP contribution in [0.4, 0.5) is 0 Å². The van der Waals surface area contributed by atoms with Crippen molar-refractivity contribution in [2.75, 3.05) is 13.3 Å². The summed E-state index contributed by atoms with van der Waals surface area (Å²) in [5.74, 6) is 0.775. The van der Waals surface area contributed by atoms with Crippen molar-refractivity contribution in [1.29, 1.82) is 0 Å². The molecule has 37 heavy (non-hydrogen) atoms. The minimum absolute atomic E-state index is 0.108. The van der Waals surface area contributed by atoms with E-state index in [1.807, 2.05) is 48.5 Å². The number of methoxy groups -OCH3 is 1. The van der Waals surface area contributed by atoms with E-state index in [0.717, 1.165) is 56.3 Å². The van der Waals surface area contributed by atoms with Crippen LogP contribution in [-0.2, 0) is 16.8 Å². The molecule has 1 atom stereocenters. The van der Waals surface area contributed by atoms with E-state index < -0.39 is 0 Å². The van der Waals surface area contributed by atoms with Gasteiger partial charge in [-0.2, -0.15) is 0 Å². The number of allylic oxidation sites excluding steroid dienone is 3. The van der Waals surface area contributed by atoms with Crippen LogP contribution in [0, 0.1) is 0 Å². The van der Waals surface area contributed by atoms with E-state index in [2.05, 4.69) is 62.2 Å². The van der Waals surface area contributed by atoms with Crippen LogP contribution in [0.2, 0.25) is 0 Å². The van der Waals surface area contributed by atoms with Crippen molar-refractivity contribution in [1.82, 2.24) is 4.98 Å². The molecule has 5 heteroatoms. The summed E-state index contributed by atoms with van der Waals surface area (Å²) in [6, 6.07) is 24.3. The van der Waals surface area contributed by atoms with Crippen molar-refractivity contribution in [3.05, 3.63) is 117 Å². The van der Waals surface area contributed by atoms with Gasteiger partial charge in [0.05, 0.1) is 12.8 Å². The third-order valence-electron chi connectivity index (χ3n) is 6.59. The molecule has 1 unspecified atom stereocenters. The molecule has 0 saturated carbocycles. The van der Waals surface area contributed by atoms with E-state index >= 15 is 0 Å². The lowest BCUT2D eigenvalue weighted by Gasteiger charge is -2.26. The van der Waals surface area contributed by atoms with Crippen molar-refractivity contribution < 1.29 is 9.47 Å². The highest BCUT2D eigenvalue weighted by Gasteiger charge is 2.25. The molecule has 1 N–H and O–H groups in total. The maximum absolute atomic E-state index is 13.0. The Kier molecular flexibility index (Phi) is 7.04. The zero-order valence-electron chi connectivity index (χ0n) is 21.7. The van der Waals surface area contributed by atoms with E-state index in [0.29, 0.717) is 20.6 Å². The molecule has 3 aromatic carbocycles. The molecule has 0 radical (unpaired) electrons. The van der Waals surface area contributed by atoms with Crippen LogP contribution < -0.4 is 10.3 Å². The topological polar surface area (TPSA) is 51.3 Å². The summed E-state index contributed by atoms with van der Waals surface area (Å²) in [7, 11) is 2.26. The first-order valence-corrected chi connectivity index (χ1v) is 13.7. The van der Waals surface area contributed by atoms with Crippen molar-refractivity contribution in [2.45, 2.75) is 32.8 Å². The van der Waals surface area contributed by atoms with Crippen LogP contribution in [0.25, 0.3) is 27.6 Å². The number of rotatable bonds is 6. The predicted molar refractivity (Wildman–Crippen MR) is 156 cm³/mol. The maximum Gasteiger partial charge on any atom is 0.256 e. The van der Waals surface area contributed by atoms with Gasteiger partial charge in [-0.15, -0.1) is 0 Å². The van der Waals surface area contributed by atoms with Crippen molar-refractivity contribution in [2.24, 2.45) is 0 Å². The molecule has 0 bridgehead atoms. The third-order valence-corrected chi connectivity index (χ3v) is 7.77. The monoisotopic (exact) mass is 509 g/mol. The number of aromatic amines is 1. The minimum atomic E-state index is -0.181. The average Bonchev–Trinajstić information content (AvgIpc) is 2.91. The Balaban J connectivity index is 1.69. The Morgan fingerprint density at radius 3 is 2.49 bits per heavy atom. The van der Waals surface area contributed by atoms with Crippen LogP contribution >= 0.6 is 8.58 Å². The zero-order chi connectivity index (χ0) is 26.0. The van der Waals surface area contributed by atoms with Crippen LogP contribution in [0.5, 0.6) is 5.75 Å². The van der Waals surface area contributed by atoms with Gasteiger partial charge in [-0.25, -0.2) is 0 Å². The molecule has 0 aliphatic carbocycles. The van der Waals surface area contributed by atoms with E-state index in [4.69, 9.17) is 9.47 Å². The third kappa shape index (κ3) is 5.26. The highest BCUT2D eigenvalue weighted by molar-refractivity contribution is 7.43. The lowest BCUT2D eigenvalue weighted by Crippen LogP contribution is -2.15. The second-order valence-electron chi connectivity index (χ2n) is 10.3. The summed E-state index contributed by atoms with van der Waals surface area (Å²) in [5.41, 5.74) is 6.69. The van der Waals surface area contributed by atoms with Gasteiger partial charge in [-0.1, -0.05) is 81.5 Å². The first kappa shape index (κ1) is 25.0. The molecule has 2 heterocycles. The number of fused-ring (bicyclic) bond motifs is 1. The summed E-state index contributed by atoms with van der Waals surface area (Å²) < 4.78 is 12.4. The van der Waals surface area contributed by atoms with Gasteiger partial charge in [0.25, 0.3) is 5.56 Å². The Bertz CT molecular complexity index is 1560. The second kappa shape index (κ2) is 10.4. The molecule has 1 aliphatic rings. The van der Waals surface area contributed by atoms with E-state index in [-0.39, 0.29) is 11.0 Å². The molecule has 5 rings (SSSR count).